The molecule has 1 amide bonds. The van der Waals surface area contributed by atoms with Gasteiger partial charge in [-0.1, -0.05) is 22.0 Å². The van der Waals surface area contributed by atoms with Crippen LogP contribution < -0.4 is 5.73 Å². The number of nitrogens with zero attached hydrogens (tertiary/aromatic N) is 1. The molecule has 1 heterocycles. The predicted molar refractivity (Wildman–Crippen MR) is 67.4 cm³/mol. The molecule has 1 aromatic rings. The van der Waals surface area contributed by atoms with Gasteiger partial charge in [0.1, 0.15) is 0 Å². The summed E-state index contributed by atoms with van der Waals surface area (Å²) in [7, 11) is 0. The topological polar surface area (TPSA) is 46.3 Å². The Labute approximate surface area is 104 Å². The van der Waals surface area contributed by atoms with E-state index in [-0.39, 0.29) is 11.9 Å². The normalized spacial score (nSPS) is 20.2. The van der Waals surface area contributed by atoms with Gasteiger partial charge in [0.05, 0.1) is 0 Å². The number of amides is 1. The Morgan fingerprint density at radius 3 is 2.88 bits per heavy atom. The van der Waals surface area contributed by atoms with Crippen LogP contribution in [0.15, 0.2) is 22.7 Å². The van der Waals surface area contributed by atoms with Gasteiger partial charge in [-0.15, -0.1) is 0 Å². The number of carbonyl (C=O) groups is 1. The maximum absolute atomic E-state index is 12.1. The first-order chi connectivity index (χ1) is 7.58. The zero-order valence-corrected chi connectivity index (χ0v) is 10.8. The van der Waals surface area contributed by atoms with Crippen molar-refractivity contribution >= 4 is 21.8 Å². The minimum atomic E-state index is 0.0775. The second-order valence-electron chi connectivity index (χ2n) is 4.26. The number of hydrogen-bond acceptors (Lipinski definition) is 2. The average Bonchev–Trinajstić information content (AvgIpc) is 2.68. The Morgan fingerprint density at radius 1 is 1.56 bits per heavy atom. The molecule has 1 atom stereocenters. The highest BCUT2D eigenvalue weighted by atomic mass is 79.9. The second-order valence-corrected chi connectivity index (χ2v) is 5.12. The van der Waals surface area contributed by atoms with Gasteiger partial charge < -0.3 is 10.6 Å². The molecule has 2 N–H and O–H groups in total. The third kappa shape index (κ3) is 2.28. The van der Waals surface area contributed by atoms with E-state index in [1.54, 1.807) is 0 Å². The Morgan fingerprint density at radius 2 is 2.31 bits per heavy atom. The Bertz CT molecular complexity index is 419. The molecule has 0 bridgehead atoms. The van der Waals surface area contributed by atoms with E-state index in [9.17, 15) is 4.79 Å². The molecule has 4 heteroatoms. The zero-order chi connectivity index (χ0) is 11.7. The van der Waals surface area contributed by atoms with Crippen LogP contribution in [0.4, 0.5) is 0 Å². The number of carbonyl (C=O) groups excluding carboxylic acids is 1. The van der Waals surface area contributed by atoms with Crippen molar-refractivity contribution in [1.29, 1.82) is 0 Å². The number of halogens is 1. The Kier molecular flexibility index (Phi) is 3.30. The molecular weight excluding hydrogens is 268 g/mol. The highest BCUT2D eigenvalue weighted by Gasteiger charge is 2.24. The van der Waals surface area contributed by atoms with Gasteiger partial charge in [0, 0.05) is 29.2 Å². The van der Waals surface area contributed by atoms with E-state index in [1.165, 1.54) is 0 Å². The molecule has 0 aliphatic carbocycles. The van der Waals surface area contributed by atoms with Crippen LogP contribution in [0.25, 0.3) is 0 Å². The fourth-order valence-corrected chi connectivity index (χ4v) is 2.26. The van der Waals surface area contributed by atoms with Crippen LogP contribution in [0.2, 0.25) is 0 Å². The lowest BCUT2D eigenvalue weighted by Gasteiger charge is -2.16. The van der Waals surface area contributed by atoms with Crippen molar-refractivity contribution in [2.45, 2.75) is 19.4 Å². The van der Waals surface area contributed by atoms with Gasteiger partial charge in [0.2, 0.25) is 0 Å². The predicted octanol–water partition coefficient (Wildman–Crippen LogP) is 1.93. The number of rotatable bonds is 1. The zero-order valence-electron chi connectivity index (χ0n) is 9.24. The molecule has 86 valence electrons. The van der Waals surface area contributed by atoms with E-state index in [0.29, 0.717) is 6.54 Å². The van der Waals surface area contributed by atoms with E-state index in [2.05, 4.69) is 15.9 Å². The lowest BCUT2D eigenvalue weighted by atomic mass is 10.1. The van der Waals surface area contributed by atoms with Gasteiger partial charge in [-0.2, -0.15) is 0 Å². The lowest BCUT2D eigenvalue weighted by molar-refractivity contribution is 0.0791. The summed E-state index contributed by atoms with van der Waals surface area (Å²) < 4.78 is 0.974. The highest BCUT2D eigenvalue weighted by Crippen LogP contribution is 2.20. The minimum absolute atomic E-state index is 0.0775. The largest absolute Gasteiger partial charge is 0.337 e. The van der Waals surface area contributed by atoms with E-state index < -0.39 is 0 Å². The summed E-state index contributed by atoms with van der Waals surface area (Å²) in [6.45, 7) is 3.44. The fraction of sp³-hybridized carbons (Fsp3) is 0.417. The first-order valence-corrected chi connectivity index (χ1v) is 6.18. The Balaban J connectivity index is 2.18. The average molecular weight is 283 g/mol. The minimum Gasteiger partial charge on any atom is -0.337 e. The summed E-state index contributed by atoms with van der Waals surface area (Å²) in [6.07, 6.45) is 0.902. The van der Waals surface area contributed by atoms with Gasteiger partial charge in [-0.05, 0) is 31.0 Å². The maximum Gasteiger partial charge on any atom is 0.253 e. The summed E-state index contributed by atoms with van der Waals surface area (Å²) in [4.78, 5) is 13.9. The lowest BCUT2D eigenvalue weighted by Crippen LogP contribution is -2.31. The van der Waals surface area contributed by atoms with Gasteiger partial charge in [0.25, 0.3) is 5.91 Å². The SMILES string of the molecule is Cc1ccc(C(=O)N2CC[C@H](N)C2)cc1Br. The molecule has 2 rings (SSSR count). The third-order valence-corrected chi connectivity index (χ3v) is 3.79. The molecule has 0 aromatic heterocycles. The van der Waals surface area contributed by atoms with E-state index in [1.807, 2.05) is 30.0 Å². The molecular formula is C12H15BrN2O. The van der Waals surface area contributed by atoms with Crippen LogP contribution in [0.5, 0.6) is 0 Å². The molecule has 1 aliphatic rings. The van der Waals surface area contributed by atoms with Gasteiger partial charge in [-0.3, -0.25) is 4.79 Å². The number of hydrogen-bond donors (Lipinski definition) is 1. The highest BCUT2D eigenvalue weighted by molar-refractivity contribution is 9.10. The van der Waals surface area contributed by atoms with Gasteiger partial charge in [-0.25, -0.2) is 0 Å². The van der Waals surface area contributed by atoms with Crippen LogP contribution >= 0.6 is 15.9 Å². The summed E-state index contributed by atoms with van der Waals surface area (Å²) in [5, 5.41) is 0. The number of benzene rings is 1. The van der Waals surface area contributed by atoms with E-state index in [0.717, 1.165) is 28.6 Å². The van der Waals surface area contributed by atoms with Crippen molar-refractivity contribution in [3.63, 3.8) is 0 Å². The number of aryl methyl sites for hydroxylation is 1. The van der Waals surface area contributed by atoms with Crippen LogP contribution in [0.3, 0.4) is 0 Å². The van der Waals surface area contributed by atoms with Crippen molar-refractivity contribution in [2.24, 2.45) is 5.73 Å². The maximum atomic E-state index is 12.1. The van der Waals surface area contributed by atoms with Crippen molar-refractivity contribution in [2.75, 3.05) is 13.1 Å². The fourth-order valence-electron chi connectivity index (χ4n) is 1.88. The molecule has 0 spiro atoms. The summed E-state index contributed by atoms with van der Waals surface area (Å²) in [5.74, 6) is 0.0775. The van der Waals surface area contributed by atoms with Crippen molar-refractivity contribution < 1.29 is 4.79 Å². The summed E-state index contributed by atoms with van der Waals surface area (Å²) >= 11 is 3.44. The van der Waals surface area contributed by atoms with Crippen molar-refractivity contribution in [3.05, 3.63) is 33.8 Å². The second kappa shape index (κ2) is 4.55. The molecule has 3 nitrogen and oxygen atoms in total. The molecule has 1 aliphatic heterocycles. The Hall–Kier alpha value is -0.870. The summed E-state index contributed by atoms with van der Waals surface area (Å²) in [6, 6.07) is 5.83. The molecule has 0 radical (unpaired) electrons. The van der Waals surface area contributed by atoms with Crippen LogP contribution in [-0.2, 0) is 0 Å². The number of likely N-dealkylation sites (tertiary alicyclic amines) is 1. The van der Waals surface area contributed by atoms with Crippen LogP contribution in [-0.4, -0.2) is 29.9 Å². The van der Waals surface area contributed by atoms with Crippen molar-refractivity contribution in [1.82, 2.24) is 4.90 Å². The van der Waals surface area contributed by atoms with E-state index >= 15 is 0 Å². The van der Waals surface area contributed by atoms with Crippen LogP contribution in [0.1, 0.15) is 22.3 Å². The van der Waals surface area contributed by atoms with Gasteiger partial charge in [0.15, 0.2) is 0 Å². The monoisotopic (exact) mass is 282 g/mol. The van der Waals surface area contributed by atoms with Crippen molar-refractivity contribution in [3.8, 4) is 0 Å². The van der Waals surface area contributed by atoms with Gasteiger partial charge >= 0.3 is 0 Å². The quantitative estimate of drug-likeness (QED) is 0.856. The molecule has 0 unspecified atom stereocenters. The smallest absolute Gasteiger partial charge is 0.253 e. The van der Waals surface area contributed by atoms with Crippen LogP contribution in [0, 0.1) is 6.92 Å². The summed E-state index contributed by atoms with van der Waals surface area (Å²) in [5.41, 5.74) is 7.65. The third-order valence-electron chi connectivity index (χ3n) is 2.93. The first kappa shape index (κ1) is 11.6. The molecule has 1 aromatic carbocycles. The molecule has 1 saturated heterocycles. The molecule has 0 saturated carbocycles. The van der Waals surface area contributed by atoms with E-state index in [4.69, 9.17) is 5.73 Å². The molecule has 16 heavy (non-hydrogen) atoms. The first-order valence-electron chi connectivity index (χ1n) is 5.39. The standard InChI is InChI=1S/C12H15BrN2O/c1-8-2-3-9(6-11(8)13)12(16)15-5-4-10(14)7-15/h2-3,6,10H,4-5,7,14H2,1H3/t10-/m0/s1. The number of nitrogens with two attached hydrogens (primary N) is 1. The molecule has 1 fully saturated rings.